The number of hydrogen-bond acceptors (Lipinski definition) is 5. The van der Waals surface area contributed by atoms with Crippen LogP contribution in [-0.2, 0) is 22.6 Å². The zero-order valence-electron chi connectivity index (χ0n) is 11.4. The van der Waals surface area contributed by atoms with Gasteiger partial charge in [0.25, 0.3) is 5.89 Å². The van der Waals surface area contributed by atoms with Gasteiger partial charge in [0.2, 0.25) is 0 Å². The molecule has 0 radical (unpaired) electrons. The third-order valence-corrected chi connectivity index (χ3v) is 2.89. The topological polar surface area (TPSA) is 85.5 Å². The molecule has 0 saturated carbocycles. The van der Waals surface area contributed by atoms with Crippen LogP contribution in [0.3, 0.4) is 0 Å². The first-order valence-corrected chi connectivity index (χ1v) is 6.21. The Morgan fingerprint density at radius 2 is 2.15 bits per heavy atom. The Hall–Kier alpha value is -2.21. The van der Waals surface area contributed by atoms with Gasteiger partial charge < -0.3 is 14.4 Å². The molecule has 0 atom stereocenters. The van der Waals surface area contributed by atoms with Gasteiger partial charge in [0, 0.05) is 6.42 Å². The molecule has 2 aromatic rings. The fraction of sp³-hybridized carbons (Fsp3) is 0.357. The van der Waals surface area contributed by atoms with Crippen LogP contribution in [0.15, 0.2) is 22.7 Å². The highest BCUT2D eigenvalue weighted by atomic mass is 16.5. The predicted molar refractivity (Wildman–Crippen MR) is 70.3 cm³/mol. The van der Waals surface area contributed by atoms with Crippen LogP contribution in [0, 0.1) is 13.8 Å². The van der Waals surface area contributed by atoms with E-state index in [1.165, 1.54) is 11.1 Å². The molecule has 0 bridgehead atoms. The molecule has 0 unspecified atom stereocenters. The monoisotopic (exact) mass is 276 g/mol. The van der Waals surface area contributed by atoms with Crippen LogP contribution in [0.2, 0.25) is 0 Å². The SMILES string of the molecule is Cc1ccc(Cc2noc(COCC(=O)O)n2)cc1C. The molecular formula is C14H16N2O4. The van der Waals surface area contributed by atoms with Gasteiger partial charge in [0.1, 0.15) is 13.2 Å². The van der Waals surface area contributed by atoms with E-state index in [1.807, 2.05) is 6.07 Å². The lowest BCUT2D eigenvalue weighted by atomic mass is 10.0. The maximum atomic E-state index is 10.3. The molecule has 0 saturated heterocycles. The number of nitrogens with zero attached hydrogens (tertiary/aromatic N) is 2. The summed E-state index contributed by atoms with van der Waals surface area (Å²) in [6.07, 6.45) is 0.573. The molecule has 0 fully saturated rings. The summed E-state index contributed by atoms with van der Waals surface area (Å²) >= 11 is 0. The first-order chi connectivity index (χ1) is 9.54. The Kier molecular flexibility index (Phi) is 4.47. The maximum absolute atomic E-state index is 10.3. The number of carbonyl (C=O) groups is 1. The average molecular weight is 276 g/mol. The minimum atomic E-state index is -1.03. The number of rotatable bonds is 6. The highest BCUT2D eigenvalue weighted by Gasteiger charge is 2.08. The fourth-order valence-corrected chi connectivity index (χ4v) is 1.74. The Morgan fingerprint density at radius 3 is 2.85 bits per heavy atom. The Bertz CT molecular complexity index is 607. The smallest absolute Gasteiger partial charge is 0.329 e. The van der Waals surface area contributed by atoms with Crippen LogP contribution in [-0.4, -0.2) is 27.8 Å². The number of ether oxygens (including phenoxy) is 1. The standard InChI is InChI=1S/C14H16N2O4/c1-9-3-4-11(5-10(9)2)6-12-15-13(20-16-12)7-19-8-14(17)18/h3-5H,6-8H2,1-2H3,(H,17,18). The molecule has 20 heavy (non-hydrogen) atoms. The molecule has 6 heteroatoms. The lowest BCUT2D eigenvalue weighted by Crippen LogP contribution is -2.06. The number of carboxylic acid groups (broad SMARTS) is 1. The molecule has 6 nitrogen and oxygen atoms in total. The molecule has 1 aromatic heterocycles. The summed E-state index contributed by atoms with van der Waals surface area (Å²) in [6.45, 7) is 3.74. The molecule has 0 aliphatic heterocycles. The molecule has 1 N–H and O–H groups in total. The quantitative estimate of drug-likeness (QED) is 0.867. The third kappa shape index (κ3) is 3.89. The van der Waals surface area contributed by atoms with Gasteiger partial charge in [-0.2, -0.15) is 4.98 Å². The van der Waals surface area contributed by atoms with Crippen LogP contribution < -0.4 is 0 Å². The average Bonchev–Trinajstić information content (AvgIpc) is 2.81. The highest BCUT2D eigenvalue weighted by molar-refractivity contribution is 5.67. The zero-order chi connectivity index (χ0) is 14.5. The van der Waals surface area contributed by atoms with Crippen LogP contribution >= 0.6 is 0 Å². The zero-order valence-corrected chi connectivity index (χ0v) is 11.4. The first-order valence-electron chi connectivity index (χ1n) is 6.21. The van der Waals surface area contributed by atoms with Crippen molar-refractivity contribution in [3.63, 3.8) is 0 Å². The predicted octanol–water partition coefficient (Wildman–Crippen LogP) is 1.88. The molecule has 0 amide bonds. The molecule has 0 aliphatic rings. The minimum Gasteiger partial charge on any atom is -0.480 e. The molecule has 2 rings (SSSR count). The van der Waals surface area contributed by atoms with Gasteiger partial charge >= 0.3 is 5.97 Å². The minimum absolute atomic E-state index is 0.00618. The van der Waals surface area contributed by atoms with Crippen molar-refractivity contribution >= 4 is 5.97 Å². The molecule has 0 aliphatic carbocycles. The fourth-order valence-electron chi connectivity index (χ4n) is 1.74. The van der Waals surface area contributed by atoms with E-state index < -0.39 is 5.97 Å². The van der Waals surface area contributed by atoms with Gasteiger partial charge in [-0.05, 0) is 30.5 Å². The van der Waals surface area contributed by atoms with Gasteiger partial charge in [-0.1, -0.05) is 23.4 Å². The molecule has 0 spiro atoms. The summed E-state index contributed by atoms with van der Waals surface area (Å²) < 4.78 is 9.88. The van der Waals surface area contributed by atoms with Crippen LogP contribution in [0.4, 0.5) is 0 Å². The van der Waals surface area contributed by atoms with Gasteiger partial charge in [-0.25, -0.2) is 4.79 Å². The lowest BCUT2D eigenvalue weighted by Gasteiger charge is -2.02. The summed E-state index contributed by atoms with van der Waals surface area (Å²) in [5, 5.41) is 12.3. The van der Waals surface area contributed by atoms with E-state index in [0.717, 1.165) is 5.56 Å². The number of hydrogen-bond donors (Lipinski definition) is 1. The summed E-state index contributed by atoms with van der Waals surface area (Å²) in [6, 6.07) is 6.17. The van der Waals surface area contributed by atoms with Crippen molar-refractivity contribution in [2.24, 2.45) is 0 Å². The van der Waals surface area contributed by atoms with Gasteiger partial charge in [-0.15, -0.1) is 0 Å². The van der Waals surface area contributed by atoms with Gasteiger partial charge in [0.15, 0.2) is 5.82 Å². The van der Waals surface area contributed by atoms with E-state index in [0.29, 0.717) is 12.2 Å². The number of carboxylic acids is 1. The molecular weight excluding hydrogens is 260 g/mol. The normalized spacial score (nSPS) is 10.7. The van der Waals surface area contributed by atoms with Crippen molar-refractivity contribution in [1.82, 2.24) is 10.1 Å². The van der Waals surface area contributed by atoms with E-state index in [-0.39, 0.29) is 19.1 Å². The summed E-state index contributed by atoms with van der Waals surface area (Å²) in [4.78, 5) is 14.5. The molecule has 1 heterocycles. The number of benzene rings is 1. The third-order valence-electron chi connectivity index (χ3n) is 2.89. The number of aryl methyl sites for hydroxylation is 2. The van der Waals surface area contributed by atoms with E-state index >= 15 is 0 Å². The second kappa shape index (κ2) is 6.29. The lowest BCUT2D eigenvalue weighted by molar-refractivity contribution is -0.142. The van der Waals surface area contributed by atoms with Crippen molar-refractivity contribution < 1.29 is 19.2 Å². The Morgan fingerprint density at radius 1 is 1.35 bits per heavy atom. The largest absolute Gasteiger partial charge is 0.480 e. The van der Waals surface area contributed by atoms with Gasteiger partial charge in [0.05, 0.1) is 0 Å². The number of aliphatic carboxylic acids is 1. The maximum Gasteiger partial charge on any atom is 0.329 e. The van der Waals surface area contributed by atoms with Crippen molar-refractivity contribution in [2.45, 2.75) is 26.9 Å². The first kappa shape index (κ1) is 14.2. The van der Waals surface area contributed by atoms with Crippen LogP contribution in [0.25, 0.3) is 0 Å². The summed E-state index contributed by atoms with van der Waals surface area (Å²) in [5.74, 6) is -0.188. The second-order valence-corrected chi connectivity index (χ2v) is 4.59. The van der Waals surface area contributed by atoms with Crippen molar-refractivity contribution in [1.29, 1.82) is 0 Å². The molecule has 106 valence electrons. The highest BCUT2D eigenvalue weighted by Crippen LogP contribution is 2.13. The van der Waals surface area contributed by atoms with E-state index in [2.05, 4.69) is 36.1 Å². The van der Waals surface area contributed by atoms with Crippen LogP contribution in [0.5, 0.6) is 0 Å². The Balaban J connectivity index is 1.95. The van der Waals surface area contributed by atoms with E-state index in [4.69, 9.17) is 14.4 Å². The Labute approximate surface area is 116 Å². The van der Waals surface area contributed by atoms with Crippen molar-refractivity contribution in [2.75, 3.05) is 6.61 Å². The van der Waals surface area contributed by atoms with E-state index in [9.17, 15) is 4.79 Å². The van der Waals surface area contributed by atoms with Crippen LogP contribution in [0.1, 0.15) is 28.4 Å². The summed E-state index contributed by atoms with van der Waals surface area (Å²) in [5.41, 5.74) is 3.56. The summed E-state index contributed by atoms with van der Waals surface area (Å²) in [7, 11) is 0. The van der Waals surface area contributed by atoms with Gasteiger partial charge in [-0.3, -0.25) is 0 Å². The second-order valence-electron chi connectivity index (χ2n) is 4.59. The molecule has 1 aromatic carbocycles. The number of aromatic nitrogens is 2. The van der Waals surface area contributed by atoms with Crippen molar-refractivity contribution in [3.05, 3.63) is 46.6 Å². The van der Waals surface area contributed by atoms with Crippen molar-refractivity contribution in [3.8, 4) is 0 Å². The van der Waals surface area contributed by atoms with E-state index in [1.54, 1.807) is 0 Å².